The Morgan fingerprint density at radius 1 is 1.13 bits per heavy atom. The van der Waals surface area contributed by atoms with E-state index in [1.807, 2.05) is 50.2 Å². The average Bonchev–Trinajstić information content (AvgIpc) is 2.92. The number of rotatable bonds is 5. The van der Waals surface area contributed by atoms with Crippen LogP contribution in [0.15, 0.2) is 47.1 Å². The third-order valence-electron chi connectivity index (χ3n) is 3.57. The molecule has 0 atom stereocenters. The van der Waals surface area contributed by atoms with Crippen molar-refractivity contribution >= 4 is 0 Å². The van der Waals surface area contributed by atoms with Crippen molar-refractivity contribution in [1.82, 2.24) is 10.1 Å². The number of ether oxygens (including phenoxy) is 2. The average molecular weight is 310 g/mol. The number of aryl methyl sites for hydroxylation is 2. The fourth-order valence-electron chi connectivity index (χ4n) is 2.46. The molecule has 0 bridgehead atoms. The third-order valence-corrected chi connectivity index (χ3v) is 3.57. The minimum absolute atomic E-state index is 0.448. The summed E-state index contributed by atoms with van der Waals surface area (Å²) in [6.45, 7) is 4.23. The molecule has 0 unspecified atom stereocenters. The zero-order valence-corrected chi connectivity index (χ0v) is 13.4. The molecule has 3 rings (SSSR count). The van der Waals surface area contributed by atoms with E-state index in [9.17, 15) is 0 Å². The molecule has 0 fully saturated rings. The van der Waals surface area contributed by atoms with Gasteiger partial charge < -0.3 is 14.0 Å². The second-order valence-electron chi connectivity index (χ2n) is 5.20. The molecule has 2 heterocycles. The van der Waals surface area contributed by atoms with E-state index in [0.717, 1.165) is 28.1 Å². The van der Waals surface area contributed by atoms with Crippen LogP contribution in [-0.2, 0) is 6.61 Å². The van der Waals surface area contributed by atoms with Crippen LogP contribution in [0.5, 0.6) is 11.6 Å². The Kier molecular flexibility index (Phi) is 4.28. The van der Waals surface area contributed by atoms with Crippen LogP contribution in [0.25, 0.3) is 11.1 Å². The lowest BCUT2D eigenvalue weighted by Gasteiger charge is -2.11. The van der Waals surface area contributed by atoms with E-state index < -0.39 is 0 Å². The van der Waals surface area contributed by atoms with Crippen LogP contribution in [0.3, 0.4) is 0 Å². The number of hydrogen-bond acceptors (Lipinski definition) is 5. The Balaban J connectivity index is 1.91. The Morgan fingerprint density at radius 2 is 1.91 bits per heavy atom. The normalized spacial score (nSPS) is 10.6. The van der Waals surface area contributed by atoms with Crippen LogP contribution in [0.4, 0.5) is 0 Å². The summed E-state index contributed by atoms with van der Waals surface area (Å²) in [6, 6.07) is 11.9. The highest BCUT2D eigenvalue weighted by atomic mass is 16.5. The van der Waals surface area contributed by atoms with Crippen LogP contribution >= 0.6 is 0 Å². The first-order chi connectivity index (χ1) is 11.2. The number of aromatic nitrogens is 2. The minimum atomic E-state index is 0.448. The molecule has 3 aromatic rings. The monoisotopic (exact) mass is 310 g/mol. The number of nitrogens with zero attached hydrogens (tertiary/aromatic N) is 2. The SMILES string of the molecule is COc1ncc(-c2c(C)noc2C)cc1OCc1ccccc1. The number of pyridine rings is 1. The molecule has 0 aliphatic rings. The lowest BCUT2D eigenvalue weighted by molar-refractivity contribution is 0.279. The van der Waals surface area contributed by atoms with Gasteiger partial charge in [0.15, 0.2) is 5.75 Å². The van der Waals surface area contributed by atoms with Gasteiger partial charge in [0.2, 0.25) is 0 Å². The molecule has 0 aliphatic carbocycles. The lowest BCUT2D eigenvalue weighted by atomic mass is 10.1. The topological polar surface area (TPSA) is 57.4 Å². The molecule has 0 spiro atoms. The molecule has 0 amide bonds. The maximum absolute atomic E-state index is 5.89. The van der Waals surface area contributed by atoms with Crippen molar-refractivity contribution in [3.8, 4) is 22.8 Å². The van der Waals surface area contributed by atoms with E-state index in [4.69, 9.17) is 14.0 Å². The van der Waals surface area contributed by atoms with Crippen LogP contribution in [0, 0.1) is 13.8 Å². The number of hydrogen-bond donors (Lipinski definition) is 0. The molecule has 0 radical (unpaired) electrons. The summed E-state index contributed by atoms with van der Waals surface area (Å²) in [4.78, 5) is 4.33. The third kappa shape index (κ3) is 3.18. The summed E-state index contributed by atoms with van der Waals surface area (Å²) in [7, 11) is 1.58. The van der Waals surface area contributed by atoms with Crippen LogP contribution in [-0.4, -0.2) is 17.3 Å². The van der Waals surface area contributed by atoms with E-state index in [1.54, 1.807) is 13.3 Å². The fourth-order valence-corrected chi connectivity index (χ4v) is 2.46. The molecule has 23 heavy (non-hydrogen) atoms. The maximum Gasteiger partial charge on any atom is 0.256 e. The highest BCUT2D eigenvalue weighted by Crippen LogP contribution is 2.33. The van der Waals surface area contributed by atoms with E-state index in [1.165, 1.54) is 0 Å². The van der Waals surface area contributed by atoms with Gasteiger partial charge in [-0.15, -0.1) is 0 Å². The van der Waals surface area contributed by atoms with Gasteiger partial charge in [-0.25, -0.2) is 4.98 Å². The van der Waals surface area contributed by atoms with E-state index in [2.05, 4.69) is 10.1 Å². The van der Waals surface area contributed by atoms with Gasteiger partial charge >= 0.3 is 0 Å². The molecular formula is C18H18N2O3. The predicted molar refractivity (Wildman–Crippen MR) is 86.5 cm³/mol. The largest absolute Gasteiger partial charge is 0.483 e. The first kappa shape index (κ1) is 15.1. The summed E-state index contributed by atoms with van der Waals surface area (Å²) in [5.74, 6) is 1.80. The van der Waals surface area contributed by atoms with Crippen LogP contribution in [0.1, 0.15) is 17.0 Å². The Morgan fingerprint density at radius 3 is 2.57 bits per heavy atom. The van der Waals surface area contributed by atoms with Gasteiger partial charge in [0.25, 0.3) is 5.88 Å². The standard InChI is InChI=1S/C18H18N2O3/c1-12-17(13(2)23-20-12)15-9-16(18(21-3)19-10-15)22-11-14-7-5-4-6-8-14/h4-10H,11H2,1-3H3. The number of benzene rings is 1. The Bertz CT molecular complexity index is 778. The van der Waals surface area contributed by atoms with Crippen LogP contribution < -0.4 is 9.47 Å². The minimum Gasteiger partial charge on any atom is -0.483 e. The highest BCUT2D eigenvalue weighted by Gasteiger charge is 2.15. The first-order valence-corrected chi connectivity index (χ1v) is 7.33. The van der Waals surface area contributed by atoms with Crippen molar-refractivity contribution in [3.05, 3.63) is 59.6 Å². The molecule has 118 valence electrons. The van der Waals surface area contributed by atoms with E-state index in [-0.39, 0.29) is 0 Å². The molecule has 1 aromatic carbocycles. The van der Waals surface area contributed by atoms with Gasteiger partial charge in [-0.05, 0) is 25.5 Å². The van der Waals surface area contributed by atoms with Crippen molar-refractivity contribution in [2.24, 2.45) is 0 Å². The molecule has 2 aromatic heterocycles. The zero-order valence-electron chi connectivity index (χ0n) is 13.4. The van der Waals surface area contributed by atoms with Crippen molar-refractivity contribution < 1.29 is 14.0 Å². The summed E-state index contributed by atoms with van der Waals surface area (Å²) >= 11 is 0. The van der Waals surface area contributed by atoms with Crippen molar-refractivity contribution in [3.63, 3.8) is 0 Å². The van der Waals surface area contributed by atoms with Crippen LogP contribution in [0.2, 0.25) is 0 Å². The molecule has 5 heteroatoms. The van der Waals surface area contributed by atoms with Gasteiger partial charge in [0.05, 0.1) is 12.8 Å². The molecule has 5 nitrogen and oxygen atoms in total. The lowest BCUT2D eigenvalue weighted by Crippen LogP contribution is -1.99. The van der Waals surface area contributed by atoms with Gasteiger partial charge in [-0.3, -0.25) is 0 Å². The zero-order chi connectivity index (χ0) is 16.2. The fraction of sp³-hybridized carbons (Fsp3) is 0.222. The van der Waals surface area contributed by atoms with Crippen molar-refractivity contribution in [2.75, 3.05) is 7.11 Å². The van der Waals surface area contributed by atoms with Gasteiger partial charge in [0, 0.05) is 17.3 Å². The maximum atomic E-state index is 5.89. The number of methoxy groups -OCH3 is 1. The summed E-state index contributed by atoms with van der Waals surface area (Å²) in [5.41, 5.74) is 3.73. The van der Waals surface area contributed by atoms with Crippen molar-refractivity contribution in [2.45, 2.75) is 20.5 Å². The Hall–Kier alpha value is -2.82. The van der Waals surface area contributed by atoms with Gasteiger partial charge in [-0.2, -0.15) is 0 Å². The van der Waals surface area contributed by atoms with Gasteiger partial charge in [-0.1, -0.05) is 35.5 Å². The summed E-state index contributed by atoms with van der Waals surface area (Å²) < 4.78 is 16.4. The molecular weight excluding hydrogens is 292 g/mol. The van der Waals surface area contributed by atoms with Crippen molar-refractivity contribution in [1.29, 1.82) is 0 Å². The summed E-state index contributed by atoms with van der Waals surface area (Å²) in [5, 5.41) is 3.98. The van der Waals surface area contributed by atoms with E-state index >= 15 is 0 Å². The second kappa shape index (κ2) is 6.52. The highest BCUT2D eigenvalue weighted by molar-refractivity contribution is 5.68. The second-order valence-corrected chi connectivity index (χ2v) is 5.20. The molecule has 0 N–H and O–H groups in total. The van der Waals surface area contributed by atoms with Gasteiger partial charge in [0.1, 0.15) is 12.4 Å². The molecule has 0 saturated carbocycles. The summed E-state index contributed by atoms with van der Waals surface area (Å²) in [6.07, 6.45) is 1.74. The predicted octanol–water partition coefficient (Wildman–Crippen LogP) is 3.94. The molecule has 0 aliphatic heterocycles. The van der Waals surface area contributed by atoms with E-state index in [0.29, 0.717) is 18.2 Å². The Labute approximate surface area is 134 Å². The smallest absolute Gasteiger partial charge is 0.256 e. The quantitative estimate of drug-likeness (QED) is 0.714. The molecule has 0 saturated heterocycles. The first-order valence-electron chi connectivity index (χ1n) is 7.33.